The zero-order valence-electron chi connectivity index (χ0n) is 23.3. The van der Waals surface area contributed by atoms with Gasteiger partial charge in [0.2, 0.25) is 11.8 Å². The van der Waals surface area contributed by atoms with E-state index in [0.29, 0.717) is 17.7 Å². The molecule has 0 aromatic heterocycles. The SMILES string of the molecule is CSCCC(NC(=O)OC(C)(C)C)C(=O)N(CCO)C(C(=O)NC1CCCCC1)c1ccc(C)c(C)c1. The minimum atomic E-state index is -0.932. The summed E-state index contributed by atoms with van der Waals surface area (Å²) in [6.07, 6.45) is 6.72. The summed E-state index contributed by atoms with van der Waals surface area (Å²) in [6.45, 7) is 8.89. The second-order valence-corrected chi connectivity index (χ2v) is 11.8. The summed E-state index contributed by atoms with van der Waals surface area (Å²) in [5.74, 6) is -0.0595. The van der Waals surface area contributed by atoms with E-state index in [4.69, 9.17) is 4.74 Å². The van der Waals surface area contributed by atoms with Gasteiger partial charge in [0.05, 0.1) is 6.61 Å². The number of alkyl carbamates (subject to hydrolysis) is 1. The van der Waals surface area contributed by atoms with Crippen LogP contribution in [-0.4, -0.2) is 70.8 Å². The van der Waals surface area contributed by atoms with Crippen LogP contribution in [0.1, 0.15) is 82.0 Å². The fourth-order valence-electron chi connectivity index (χ4n) is 4.55. The number of hydrogen-bond acceptors (Lipinski definition) is 6. The summed E-state index contributed by atoms with van der Waals surface area (Å²) in [4.78, 5) is 41.7. The molecule has 3 N–H and O–H groups in total. The van der Waals surface area contributed by atoms with Crippen molar-refractivity contribution in [2.75, 3.05) is 25.2 Å². The van der Waals surface area contributed by atoms with Crippen molar-refractivity contribution in [3.63, 3.8) is 0 Å². The van der Waals surface area contributed by atoms with Crippen molar-refractivity contribution < 1.29 is 24.2 Å². The first-order valence-corrected chi connectivity index (χ1v) is 14.6. The molecule has 0 aliphatic heterocycles. The highest BCUT2D eigenvalue weighted by molar-refractivity contribution is 7.98. The van der Waals surface area contributed by atoms with Gasteiger partial charge in [0.25, 0.3) is 0 Å². The van der Waals surface area contributed by atoms with Gasteiger partial charge < -0.3 is 25.4 Å². The fourth-order valence-corrected chi connectivity index (χ4v) is 5.02. The molecule has 2 atom stereocenters. The lowest BCUT2D eigenvalue weighted by atomic mass is 9.94. The van der Waals surface area contributed by atoms with E-state index < -0.39 is 29.7 Å². The minimum absolute atomic E-state index is 0.0414. The molecule has 9 heteroatoms. The van der Waals surface area contributed by atoms with Gasteiger partial charge in [-0.05, 0) is 82.6 Å². The standard InChI is InChI=1S/C28H45N3O5S/c1-19-12-13-21(18-20(19)2)24(25(33)29-22-10-8-7-9-11-22)31(15-16-32)26(34)23(14-17-37-6)30-27(35)36-28(3,4)5/h12-13,18,22-24,32H,7-11,14-17H2,1-6H3,(H,29,33)(H,30,35). The maximum atomic E-state index is 14.0. The zero-order chi connectivity index (χ0) is 27.6. The molecule has 0 radical (unpaired) electrons. The third-order valence-electron chi connectivity index (χ3n) is 6.58. The smallest absolute Gasteiger partial charge is 0.408 e. The molecule has 8 nitrogen and oxygen atoms in total. The molecule has 2 rings (SSSR count). The molecule has 0 spiro atoms. The molecule has 1 fully saturated rings. The summed E-state index contributed by atoms with van der Waals surface area (Å²) in [5.41, 5.74) is 2.05. The number of rotatable bonds is 11. The molecule has 208 valence electrons. The van der Waals surface area contributed by atoms with Crippen LogP contribution in [0.3, 0.4) is 0 Å². The Morgan fingerprint density at radius 1 is 1.14 bits per heavy atom. The van der Waals surface area contributed by atoms with E-state index in [1.54, 1.807) is 32.5 Å². The summed E-state index contributed by atoms with van der Waals surface area (Å²) in [7, 11) is 0. The van der Waals surface area contributed by atoms with Gasteiger partial charge in [-0.2, -0.15) is 11.8 Å². The van der Waals surface area contributed by atoms with Gasteiger partial charge in [0, 0.05) is 12.6 Å². The summed E-state index contributed by atoms with van der Waals surface area (Å²) < 4.78 is 5.40. The predicted octanol–water partition coefficient (Wildman–Crippen LogP) is 4.26. The highest BCUT2D eigenvalue weighted by Gasteiger charge is 2.36. The predicted molar refractivity (Wildman–Crippen MR) is 149 cm³/mol. The Balaban J connectivity index is 2.43. The van der Waals surface area contributed by atoms with Gasteiger partial charge in [0.15, 0.2) is 0 Å². The number of ether oxygens (including phenoxy) is 1. The van der Waals surface area contributed by atoms with Crippen molar-refractivity contribution in [2.24, 2.45) is 0 Å². The molecule has 37 heavy (non-hydrogen) atoms. The highest BCUT2D eigenvalue weighted by atomic mass is 32.2. The number of amides is 3. The number of carbonyl (C=O) groups is 3. The van der Waals surface area contributed by atoms with Crippen LogP contribution < -0.4 is 10.6 Å². The molecule has 0 bridgehead atoms. The van der Waals surface area contributed by atoms with E-state index in [9.17, 15) is 19.5 Å². The van der Waals surface area contributed by atoms with Crippen LogP contribution in [0.15, 0.2) is 18.2 Å². The van der Waals surface area contributed by atoms with Crippen LogP contribution in [0, 0.1) is 13.8 Å². The molecular weight excluding hydrogens is 490 g/mol. The molecule has 1 aromatic rings. The molecular formula is C28H45N3O5S. The number of benzene rings is 1. The zero-order valence-corrected chi connectivity index (χ0v) is 24.1. The number of carbonyl (C=O) groups excluding carboxylic acids is 3. The number of nitrogens with zero attached hydrogens (tertiary/aromatic N) is 1. The van der Waals surface area contributed by atoms with Crippen LogP contribution in [0.5, 0.6) is 0 Å². The van der Waals surface area contributed by atoms with Crippen LogP contribution >= 0.6 is 11.8 Å². The van der Waals surface area contributed by atoms with E-state index in [1.165, 1.54) is 4.90 Å². The van der Waals surface area contributed by atoms with Gasteiger partial charge >= 0.3 is 6.09 Å². The molecule has 0 heterocycles. The number of hydrogen-bond donors (Lipinski definition) is 3. The third kappa shape index (κ3) is 9.85. The second-order valence-electron chi connectivity index (χ2n) is 10.8. The normalized spacial score (nSPS) is 16.0. The lowest BCUT2D eigenvalue weighted by Crippen LogP contribution is -2.54. The Kier molecular flexibility index (Phi) is 12.2. The lowest BCUT2D eigenvalue weighted by molar-refractivity contribution is -0.143. The summed E-state index contributed by atoms with van der Waals surface area (Å²) in [5, 5.41) is 15.8. The van der Waals surface area contributed by atoms with E-state index >= 15 is 0 Å². The number of nitrogens with one attached hydrogen (secondary N) is 2. The van der Waals surface area contributed by atoms with Crippen molar-refractivity contribution >= 4 is 29.7 Å². The van der Waals surface area contributed by atoms with Crippen molar-refractivity contribution in [1.82, 2.24) is 15.5 Å². The molecule has 1 saturated carbocycles. The van der Waals surface area contributed by atoms with Gasteiger partial charge in [-0.1, -0.05) is 37.5 Å². The van der Waals surface area contributed by atoms with Crippen LogP contribution in [0.2, 0.25) is 0 Å². The molecule has 2 unspecified atom stereocenters. The Bertz CT molecular complexity index is 912. The first-order valence-electron chi connectivity index (χ1n) is 13.2. The summed E-state index contributed by atoms with van der Waals surface area (Å²) >= 11 is 1.56. The van der Waals surface area contributed by atoms with Gasteiger partial charge in [-0.25, -0.2) is 4.79 Å². The van der Waals surface area contributed by atoms with Crippen LogP contribution in [-0.2, 0) is 14.3 Å². The first kappa shape index (κ1) is 31.0. The van der Waals surface area contributed by atoms with Crippen molar-refractivity contribution in [3.05, 3.63) is 34.9 Å². The van der Waals surface area contributed by atoms with Crippen molar-refractivity contribution in [3.8, 4) is 0 Å². The lowest BCUT2D eigenvalue weighted by Gasteiger charge is -2.35. The van der Waals surface area contributed by atoms with Crippen molar-refractivity contribution in [1.29, 1.82) is 0 Å². The molecule has 3 amide bonds. The number of aryl methyl sites for hydroxylation is 2. The van der Waals surface area contributed by atoms with Crippen LogP contribution in [0.25, 0.3) is 0 Å². The third-order valence-corrected chi connectivity index (χ3v) is 7.23. The highest BCUT2D eigenvalue weighted by Crippen LogP contribution is 2.27. The Labute approximate surface area is 226 Å². The van der Waals surface area contributed by atoms with Gasteiger partial charge in [-0.3, -0.25) is 9.59 Å². The molecule has 1 aromatic carbocycles. The fraction of sp³-hybridized carbons (Fsp3) is 0.679. The Hall–Kier alpha value is -2.26. The minimum Gasteiger partial charge on any atom is -0.444 e. The maximum Gasteiger partial charge on any atom is 0.408 e. The quantitative estimate of drug-likeness (QED) is 0.391. The van der Waals surface area contributed by atoms with Gasteiger partial charge in [0.1, 0.15) is 17.7 Å². The first-order chi connectivity index (χ1) is 17.5. The Morgan fingerprint density at radius 3 is 2.38 bits per heavy atom. The molecule has 0 saturated heterocycles. The van der Waals surface area contributed by atoms with Crippen molar-refractivity contribution in [2.45, 2.75) is 96.9 Å². The van der Waals surface area contributed by atoms with E-state index in [0.717, 1.165) is 43.2 Å². The van der Waals surface area contributed by atoms with E-state index in [1.807, 2.05) is 38.3 Å². The van der Waals surface area contributed by atoms with E-state index in [2.05, 4.69) is 10.6 Å². The molecule has 1 aliphatic rings. The number of aliphatic hydroxyl groups excluding tert-OH is 1. The van der Waals surface area contributed by atoms with Gasteiger partial charge in [-0.15, -0.1) is 0 Å². The van der Waals surface area contributed by atoms with Crippen LogP contribution in [0.4, 0.5) is 4.79 Å². The average Bonchev–Trinajstić information content (AvgIpc) is 2.82. The molecule has 1 aliphatic carbocycles. The maximum absolute atomic E-state index is 14.0. The number of aliphatic hydroxyl groups is 1. The topological polar surface area (TPSA) is 108 Å². The summed E-state index contributed by atoms with van der Waals surface area (Å²) in [6, 6.07) is 3.97. The van der Waals surface area contributed by atoms with E-state index in [-0.39, 0.29) is 25.1 Å². The average molecular weight is 536 g/mol. The largest absolute Gasteiger partial charge is 0.444 e. The second kappa shape index (κ2) is 14.6. The number of thioether (sulfide) groups is 1. The monoisotopic (exact) mass is 535 g/mol. The Morgan fingerprint density at radius 2 is 1.81 bits per heavy atom.